The predicted molar refractivity (Wildman–Crippen MR) is 104 cm³/mol. The number of carbonyl (C=O) groups is 1. The molecule has 3 aromatic rings. The number of nitrogens with one attached hydrogen (secondary N) is 2. The molecule has 3 rings (SSSR count). The Kier molecular flexibility index (Phi) is 5.71. The van der Waals surface area contributed by atoms with Crippen molar-refractivity contribution in [2.45, 2.75) is 13.3 Å². The second kappa shape index (κ2) is 8.18. The SMILES string of the molecule is COc1ccc2nc(CCN(C)CC(=O)Nc3cc(C)ccc3F)[nH]c2c1. The van der Waals surface area contributed by atoms with Crippen LogP contribution in [0.4, 0.5) is 10.1 Å². The van der Waals surface area contributed by atoms with Crippen LogP contribution in [0, 0.1) is 12.7 Å². The van der Waals surface area contributed by atoms with Crippen LogP contribution in [0.3, 0.4) is 0 Å². The van der Waals surface area contributed by atoms with Crippen molar-refractivity contribution < 1.29 is 13.9 Å². The van der Waals surface area contributed by atoms with E-state index >= 15 is 0 Å². The summed E-state index contributed by atoms with van der Waals surface area (Å²) in [4.78, 5) is 21.8. The zero-order valence-corrected chi connectivity index (χ0v) is 15.7. The first-order valence-electron chi connectivity index (χ1n) is 8.72. The molecule has 2 N–H and O–H groups in total. The molecule has 0 unspecified atom stereocenters. The number of aryl methyl sites for hydroxylation is 1. The highest BCUT2D eigenvalue weighted by molar-refractivity contribution is 5.92. The molecule has 1 heterocycles. The van der Waals surface area contributed by atoms with Crippen LogP contribution in [-0.4, -0.2) is 48.0 Å². The van der Waals surface area contributed by atoms with Crippen molar-refractivity contribution >= 4 is 22.6 Å². The summed E-state index contributed by atoms with van der Waals surface area (Å²) in [6.07, 6.45) is 0.666. The van der Waals surface area contributed by atoms with E-state index < -0.39 is 5.82 Å². The largest absolute Gasteiger partial charge is 0.497 e. The fourth-order valence-electron chi connectivity index (χ4n) is 2.83. The molecule has 0 fully saturated rings. The molecule has 7 heteroatoms. The minimum atomic E-state index is -0.436. The van der Waals surface area contributed by atoms with Crippen molar-refractivity contribution in [3.05, 3.63) is 53.6 Å². The topological polar surface area (TPSA) is 70.2 Å². The Morgan fingerprint density at radius 1 is 1.30 bits per heavy atom. The first-order chi connectivity index (χ1) is 12.9. The smallest absolute Gasteiger partial charge is 0.238 e. The number of amides is 1. The lowest BCUT2D eigenvalue weighted by atomic mass is 10.2. The van der Waals surface area contributed by atoms with Crippen LogP contribution in [0.15, 0.2) is 36.4 Å². The number of rotatable bonds is 7. The van der Waals surface area contributed by atoms with Crippen LogP contribution in [-0.2, 0) is 11.2 Å². The van der Waals surface area contributed by atoms with Crippen LogP contribution in [0.2, 0.25) is 0 Å². The van der Waals surface area contributed by atoms with E-state index in [2.05, 4.69) is 15.3 Å². The number of carbonyl (C=O) groups excluding carboxylic acids is 1. The van der Waals surface area contributed by atoms with Crippen molar-refractivity contribution in [1.82, 2.24) is 14.9 Å². The molecular weight excluding hydrogens is 347 g/mol. The number of imidazole rings is 1. The van der Waals surface area contributed by atoms with Gasteiger partial charge in [-0.05, 0) is 43.8 Å². The fraction of sp³-hybridized carbons (Fsp3) is 0.300. The summed E-state index contributed by atoms with van der Waals surface area (Å²) >= 11 is 0. The monoisotopic (exact) mass is 370 g/mol. The molecule has 0 saturated carbocycles. The summed E-state index contributed by atoms with van der Waals surface area (Å²) in [5.41, 5.74) is 2.89. The van der Waals surface area contributed by atoms with Gasteiger partial charge in [-0.1, -0.05) is 6.07 Å². The molecule has 0 atom stereocenters. The fourth-order valence-corrected chi connectivity index (χ4v) is 2.83. The summed E-state index contributed by atoms with van der Waals surface area (Å²) in [6.45, 7) is 2.66. The number of anilines is 1. The van der Waals surface area contributed by atoms with E-state index in [0.717, 1.165) is 28.2 Å². The molecule has 0 saturated heterocycles. The summed E-state index contributed by atoms with van der Waals surface area (Å²) in [5, 5.41) is 2.62. The molecule has 27 heavy (non-hydrogen) atoms. The van der Waals surface area contributed by atoms with Crippen molar-refractivity contribution in [2.75, 3.05) is 32.6 Å². The first-order valence-corrected chi connectivity index (χ1v) is 8.72. The number of nitrogens with zero attached hydrogens (tertiary/aromatic N) is 2. The van der Waals surface area contributed by atoms with Crippen LogP contribution >= 0.6 is 0 Å². The maximum atomic E-state index is 13.7. The second-order valence-corrected chi connectivity index (χ2v) is 6.59. The number of halogens is 1. The highest BCUT2D eigenvalue weighted by atomic mass is 19.1. The van der Waals surface area contributed by atoms with Gasteiger partial charge >= 0.3 is 0 Å². The van der Waals surface area contributed by atoms with Gasteiger partial charge in [-0.3, -0.25) is 9.69 Å². The molecule has 0 aliphatic carbocycles. The number of aromatic amines is 1. The zero-order chi connectivity index (χ0) is 19.4. The van der Waals surface area contributed by atoms with Crippen LogP contribution in [0.5, 0.6) is 5.75 Å². The number of fused-ring (bicyclic) bond motifs is 1. The molecule has 0 bridgehead atoms. The number of ether oxygens (including phenoxy) is 1. The number of H-pyrrole nitrogens is 1. The Morgan fingerprint density at radius 2 is 2.11 bits per heavy atom. The third kappa shape index (κ3) is 4.83. The lowest BCUT2D eigenvalue weighted by molar-refractivity contribution is -0.117. The van der Waals surface area contributed by atoms with Crippen molar-refractivity contribution in [3.8, 4) is 5.75 Å². The van der Waals surface area contributed by atoms with Gasteiger partial charge in [0.25, 0.3) is 0 Å². The van der Waals surface area contributed by atoms with E-state index in [4.69, 9.17) is 4.74 Å². The molecule has 0 spiro atoms. The zero-order valence-electron chi connectivity index (χ0n) is 15.7. The minimum Gasteiger partial charge on any atom is -0.497 e. The van der Waals surface area contributed by atoms with Crippen LogP contribution < -0.4 is 10.1 Å². The Bertz CT molecular complexity index is 954. The molecule has 6 nitrogen and oxygen atoms in total. The van der Waals surface area contributed by atoms with Gasteiger partial charge in [0.2, 0.25) is 5.91 Å². The molecule has 0 aliphatic rings. The summed E-state index contributed by atoms with van der Waals surface area (Å²) in [5.74, 6) is 0.927. The van der Waals surface area contributed by atoms with Crippen molar-refractivity contribution in [3.63, 3.8) is 0 Å². The highest BCUT2D eigenvalue weighted by Crippen LogP contribution is 2.19. The Balaban J connectivity index is 1.54. The molecule has 142 valence electrons. The molecule has 0 aliphatic heterocycles. The van der Waals surface area contributed by atoms with Gasteiger partial charge < -0.3 is 15.0 Å². The summed E-state index contributed by atoms with van der Waals surface area (Å²) in [7, 11) is 3.47. The molecule has 1 amide bonds. The van der Waals surface area contributed by atoms with Gasteiger partial charge in [-0.2, -0.15) is 0 Å². The van der Waals surface area contributed by atoms with Gasteiger partial charge in [-0.15, -0.1) is 0 Å². The predicted octanol–water partition coefficient (Wildman–Crippen LogP) is 3.13. The molecule has 2 aromatic carbocycles. The lowest BCUT2D eigenvalue weighted by Crippen LogP contribution is -2.32. The summed E-state index contributed by atoms with van der Waals surface area (Å²) < 4.78 is 19.0. The van der Waals surface area contributed by atoms with Gasteiger partial charge in [0, 0.05) is 19.0 Å². The average molecular weight is 370 g/mol. The third-order valence-corrected chi connectivity index (χ3v) is 4.28. The Labute approximate surface area is 157 Å². The molecule has 1 aromatic heterocycles. The minimum absolute atomic E-state index is 0.168. The maximum Gasteiger partial charge on any atom is 0.238 e. The second-order valence-electron chi connectivity index (χ2n) is 6.59. The van der Waals surface area contributed by atoms with Gasteiger partial charge in [-0.25, -0.2) is 9.37 Å². The number of hydrogen-bond acceptors (Lipinski definition) is 4. The van der Waals surface area contributed by atoms with E-state index in [1.54, 1.807) is 19.2 Å². The Morgan fingerprint density at radius 3 is 2.89 bits per heavy atom. The van der Waals surface area contributed by atoms with Crippen LogP contribution in [0.25, 0.3) is 11.0 Å². The van der Waals surface area contributed by atoms with E-state index in [1.165, 1.54) is 6.07 Å². The maximum absolute atomic E-state index is 13.7. The number of likely N-dealkylation sites (N-methyl/N-ethyl adjacent to an activating group) is 1. The third-order valence-electron chi connectivity index (χ3n) is 4.28. The number of aromatic nitrogens is 2. The highest BCUT2D eigenvalue weighted by Gasteiger charge is 2.11. The first kappa shape index (κ1) is 18.8. The molecular formula is C20H23FN4O2. The van der Waals surface area contributed by atoms with E-state index in [9.17, 15) is 9.18 Å². The number of methoxy groups -OCH3 is 1. The van der Waals surface area contributed by atoms with E-state index in [1.807, 2.05) is 37.1 Å². The molecule has 0 radical (unpaired) electrons. The Hall–Kier alpha value is -2.93. The number of benzene rings is 2. The standard InChI is InChI=1S/C20H23FN4O2/c1-13-4-6-15(21)17(10-13)24-20(26)12-25(2)9-8-19-22-16-7-5-14(27-3)11-18(16)23-19/h4-7,10-11H,8-9,12H2,1-3H3,(H,22,23)(H,24,26). The van der Waals surface area contributed by atoms with Crippen molar-refractivity contribution in [2.24, 2.45) is 0 Å². The van der Waals surface area contributed by atoms with Gasteiger partial charge in [0.15, 0.2) is 0 Å². The van der Waals surface area contributed by atoms with E-state index in [0.29, 0.717) is 13.0 Å². The summed E-state index contributed by atoms with van der Waals surface area (Å²) in [6, 6.07) is 10.3. The normalized spacial score (nSPS) is 11.1. The lowest BCUT2D eigenvalue weighted by Gasteiger charge is -2.16. The quantitative estimate of drug-likeness (QED) is 0.670. The van der Waals surface area contributed by atoms with E-state index in [-0.39, 0.29) is 18.1 Å². The van der Waals surface area contributed by atoms with Crippen LogP contribution in [0.1, 0.15) is 11.4 Å². The van der Waals surface area contributed by atoms with Gasteiger partial charge in [0.05, 0.1) is 30.4 Å². The number of hydrogen-bond donors (Lipinski definition) is 2. The van der Waals surface area contributed by atoms with Gasteiger partial charge in [0.1, 0.15) is 17.4 Å². The van der Waals surface area contributed by atoms with Crippen molar-refractivity contribution in [1.29, 1.82) is 0 Å². The average Bonchev–Trinajstić information content (AvgIpc) is 3.05.